The molecule has 4 aromatic rings. The molecule has 0 radical (unpaired) electrons. The van der Waals surface area contributed by atoms with Crippen LogP contribution < -0.4 is 10.9 Å². The van der Waals surface area contributed by atoms with Gasteiger partial charge in [0.15, 0.2) is 5.13 Å². The monoisotopic (exact) mass is 479 g/mol. The Bertz CT molecular complexity index is 1410. The van der Waals surface area contributed by atoms with E-state index in [1.165, 1.54) is 17.4 Å². The van der Waals surface area contributed by atoms with Gasteiger partial charge >= 0.3 is 0 Å². The predicted molar refractivity (Wildman–Crippen MR) is 129 cm³/mol. The number of furan rings is 1. The van der Waals surface area contributed by atoms with Crippen molar-refractivity contribution in [3.05, 3.63) is 74.5 Å². The molecule has 0 saturated carbocycles. The molecule has 0 spiro atoms. The number of hydrogen-bond acceptors (Lipinski definition) is 7. The van der Waals surface area contributed by atoms with E-state index in [2.05, 4.69) is 32.0 Å². The van der Waals surface area contributed by atoms with E-state index in [0.29, 0.717) is 27.8 Å². The van der Waals surface area contributed by atoms with Crippen molar-refractivity contribution in [2.75, 3.05) is 11.1 Å². The smallest absolute Gasteiger partial charge is 0.249 e. The van der Waals surface area contributed by atoms with Crippen molar-refractivity contribution >= 4 is 34.1 Å². The van der Waals surface area contributed by atoms with Crippen molar-refractivity contribution in [3.63, 3.8) is 0 Å². The summed E-state index contributed by atoms with van der Waals surface area (Å²) < 4.78 is 7.64. The summed E-state index contributed by atoms with van der Waals surface area (Å²) in [5, 5.41) is 14.9. The molecule has 1 amide bonds. The number of nitrogens with one attached hydrogen (secondary N) is 2. The lowest BCUT2D eigenvalue weighted by atomic mass is 10.2. The maximum atomic E-state index is 12.4. The molecule has 0 aliphatic heterocycles. The van der Waals surface area contributed by atoms with E-state index in [-0.39, 0.29) is 17.2 Å². The van der Waals surface area contributed by atoms with Crippen molar-refractivity contribution < 1.29 is 9.21 Å². The Kier molecular flexibility index (Phi) is 6.53. The number of thioether (sulfide) groups is 1. The Labute approximate surface area is 198 Å². The van der Waals surface area contributed by atoms with Crippen LogP contribution in [-0.2, 0) is 11.3 Å². The highest BCUT2D eigenvalue weighted by Crippen LogP contribution is 2.30. The second kappa shape index (κ2) is 9.52. The number of aryl methyl sites for hydroxylation is 2. The molecule has 2 N–H and O–H groups in total. The number of aromatic amines is 1. The lowest BCUT2D eigenvalue weighted by molar-refractivity contribution is -0.113. The molecule has 4 rings (SSSR count). The van der Waals surface area contributed by atoms with E-state index in [0.717, 1.165) is 40.2 Å². The third-order valence-corrected chi connectivity index (χ3v) is 6.92. The lowest BCUT2D eigenvalue weighted by Gasteiger charge is -2.07. The molecule has 8 nitrogen and oxygen atoms in total. The average Bonchev–Trinajstić information content (AvgIpc) is 3.50. The predicted octanol–water partition coefficient (Wildman–Crippen LogP) is 4.47. The number of amides is 1. The van der Waals surface area contributed by atoms with Crippen LogP contribution in [0.15, 0.2) is 50.1 Å². The second-order valence-electron chi connectivity index (χ2n) is 7.46. The Balaban J connectivity index is 1.44. The van der Waals surface area contributed by atoms with Gasteiger partial charge in [0.25, 0.3) is 0 Å². The zero-order chi connectivity index (χ0) is 23.5. The van der Waals surface area contributed by atoms with E-state index in [1.54, 1.807) is 13.2 Å². The molecule has 0 saturated heterocycles. The van der Waals surface area contributed by atoms with Gasteiger partial charge in [-0.25, -0.2) is 4.98 Å². The third-order valence-electron chi connectivity index (χ3n) is 5.16. The first-order chi connectivity index (χ1) is 15.9. The fourth-order valence-electron chi connectivity index (χ4n) is 3.52. The molecule has 0 aliphatic carbocycles. The van der Waals surface area contributed by atoms with Crippen LogP contribution in [0, 0.1) is 32.1 Å². The average molecular weight is 480 g/mol. The number of anilines is 1. The van der Waals surface area contributed by atoms with Gasteiger partial charge in [-0.1, -0.05) is 11.8 Å². The number of rotatable bonds is 7. The quantitative estimate of drug-likeness (QED) is 0.378. The van der Waals surface area contributed by atoms with E-state index in [4.69, 9.17) is 4.42 Å². The van der Waals surface area contributed by atoms with Crippen LogP contribution in [0.25, 0.3) is 11.3 Å². The maximum absolute atomic E-state index is 12.4. The zero-order valence-corrected chi connectivity index (χ0v) is 19.9. The number of nitriles is 1. The molecule has 10 heteroatoms. The second-order valence-corrected chi connectivity index (χ2v) is 9.30. The van der Waals surface area contributed by atoms with Gasteiger partial charge in [0.1, 0.15) is 11.8 Å². The number of hydrogen-bond donors (Lipinski definition) is 2. The Morgan fingerprint density at radius 1 is 1.36 bits per heavy atom. The van der Waals surface area contributed by atoms with Crippen LogP contribution in [-0.4, -0.2) is 26.2 Å². The number of thiazole rings is 1. The minimum Gasteiger partial charge on any atom is -0.467 e. The maximum Gasteiger partial charge on any atom is 0.249 e. The topological polar surface area (TPSA) is 117 Å². The largest absolute Gasteiger partial charge is 0.467 e. The molecule has 0 aliphatic rings. The molecule has 33 heavy (non-hydrogen) atoms. The van der Waals surface area contributed by atoms with Gasteiger partial charge in [-0.3, -0.25) is 9.59 Å². The van der Waals surface area contributed by atoms with Crippen LogP contribution in [0.1, 0.15) is 28.3 Å². The minimum atomic E-state index is -0.302. The molecule has 0 unspecified atom stereocenters. The highest BCUT2D eigenvalue weighted by atomic mass is 32.2. The van der Waals surface area contributed by atoms with Crippen molar-refractivity contribution in [3.8, 4) is 17.3 Å². The summed E-state index contributed by atoms with van der Waals surface area (Å²) in [7, 11) is 0. The Morgan fingerprint density at radius 2 is 2.18 bits per heavy atom. The molecule has 4 heterocycles. The molecule has 168 valence electrons. The lowest BCUT2D eigenvalue weighted by Crippen LogP contribution is -2.15. The fourth-order valence-corrected chi connectivity index (χ4v) is 5.11. The molecule has 0 fully saturated rings. The van der Waals surface area contributed by atoms with Crippen molar-refractivity contribution in [2.24, 2.45) is 0 Å². The van der Waals surface area contributed by atoms with Gasteiger partial charge in [-0.05, 0) is 44.5 Å². The van der Waals surface area contributed by atoms with E-state index in [9.17, 15) is 14.9 Å². The van der Waals surface area contributed by atoms with Crippen LogP contribution in [0.5, 0.6) is 0 Å². The van der Waals surface area contributed by atoms with Gasteiger partial charge in [-0.15, -0.1) is 11.3 Å². The normalized spacial score (nSPS) is 10.8. The third kappa shape index (κ3) is 4.94. The molecular weight excluding hydrogens is 458 g/mol. The number of carbonyl (C=O) groups excluding carboxylic acids is 1. The van der Waals surface area contributed by atoms with Gasteiger partial charge in [0.05, 0.1) is 34.8 Å². The first-order valence-electron chi connectivity index (χ1n) is 10.1. The van der Waals surface area contributed by atoms with Crippen molar-refractivity contribution in [1.82, 2.24) is 14.5 Å². The Hall–Kier alpha value is -3.55. The minimum absolute atomic E-state index is 0.0423. The van der Waals surface area contributed by atoms with E-state index < -0.39 is 0 Å². The van der Waals surface area contributed by atoms with Crippen LogP contribution in [0.3, 0.4) is 0 Å². The number of carbonyl (C=O) groups is 1. The molecule has 0 aromatic carbocycles. The molecule has 4 aromatic heterocycles. The SMILES string of the molecule is Cc1cc(=O)[nH]c(SCC(=O)Nc2nc(-c3cc(C)n(Cc4ccco4)c3C)cs2)c1C#N. The standard InChI is InChI=1S/C23H21N5O3S2/c1-13-7-20(29)26-22(18(13)9-24)32-12-21(30)27-23-25-19(11-33-23)17-8-14(2)28(15(17)3)10-16-5-4-6-31-16/h4-8,11H,10,12H2,1-3H3,(H,26,29)(H,25,27,30). The van der Waals surface area contributed by atoms with Crippen LogP contribution in [0.2, 0.25) is 0 Å². The summed E-state index contributed by atoms with van der Waals surface area (Å²) in [5.41, 5.74) is 4.60. The summed E-state index contributed by atoms with van der Waals surface area (Å²) in [6.07, 6.45) is 1.66. The summed E-state index contributed by atoms with van der Waals surface area (Å²) in [5.74, 6) is 0.651. The summed E-state index contributed by atoms with van der Waals surface area (Å²) in [4.78, 5) is 31.4. The number of H-pyrrole nitrogens is 1. The number of nitrogens with zero attached hydrogens (tertiary/aromatic N) is 3. The van der Waals surface area contributed by atoms with E-state index in [1.807, 2.05) is 31.4 Å². The van der Waals surface area contributed by atoms with Gasteiger partial charge in [-0.2, -0.15) is 5.26 Å². The van der Waals surface area contributed by atoms with Crippen LogP contribution >= 0.6 is 23.1 Å². The highest BCUT2D eigenvalue weighted by molar-refractivity contribution is 8.00. The molecule has 0 bridgehead atoms. The first-order valence-corrected chi connectivity index (χ1v) is 11.9. The fraction of sp³-hybridized carbons (Fsp3) is 0.217. The number of aromatic nitrogens is 3. The highest BCUT2D eigenvalue weighted by Gasteiger charge is 2.16. The van der Waals surface area contributed by atoms with Gasteiger partial charge in [0, 0.05) is 28.4 Å². The zero-order valence-electron chi connectivity index (χ0n) is 18.3. The summed E-state index contributed by atoms with van der Waals surface area (Å²) in [6, 6.07) is 9.33. The van der Waals surface area contributed by atoms with Crippen molar-refractivity contribution in [2.45, 2.75) is 32.3 Å². The van der Waals surface area contributed by atoms with E-state index >= 15 is 0 Å². The summed E-state index contributed by atoms with van der Waals surface area (Å²) in [6.45, 7) is 6.41. The Morgan fingerprint density at radius 3 is 2.91 bits per heavy atom. The number of pyridine rings is 1. The molecule has 0 atom stereocenters. The molecular formula is C23H21N5O3S2. The van der Waals surface area contributed by atoms with Gasteiger partial charge in [0.2, 0.25) is 11.5 Å². The first kappa shape index (κ1) is 22.6. The van der Waals surface area contributed by atoms with Crippen molar-refractivity contribution in [1.29, 1.82) is 5.26 Å². The van der Waals surface area contributed by atoms with Gasteiger partial charge < -0.3 is 19.3 Å². The summed E-state index contributed by atoms with van der Waals surface area (Å²) >= 11 is 2.46. The van der Waals surface area contributed by atoms with Crippen LogP contribution in [0.4, 0.5) is 5.13 Å².